The number of esters is 1. The summed E-state index contributed by atoms with van der Waals surface area (Å²) in [5, 5.41) is 0. The predicted molar refractivity (Wildman–Crippen MR) is 49.8 cm³/mol. The van der Waals surface area contributed by atoms with E-state index >= 15 is 0 Å². The van der Waals surface area contributed by atoms with E-state index < -0.39 is 11.2 Å². The summed E-state index contributed by atoms with van der Waals surface area (Å²) in [6.45, 7) is 2.93. The van der Waals surface area contributed by atoms with Crippen LogP contribution in [0.4, 0.5) is 0 Å². The van der Waals surface area contributed by atoms with Gasteiger partial charge >= 0.3 is 5.97 Å². The first kappa shape index (κ1) is 12.4. The third kappa shape index (κ3) is 9.36. The van der Waals surface area contributed by atoms with E-state index in [1.54, 1.807) is 0 Å². The molecule has 0 spiro atoms. The molecule has 0 bridgehead atoms. The molecule has 13 heavy (non-hydrogen) atoms. The van der Waals surface area contributed by atoms with Crippen molar-refractivity contribution in [1.82, 2.24) is 0 Å². The van der Waals surface area contributed by atoms with Gasteiger partial charge in [-0.2, -0.15) is 0 Å². The zero-order chi connectivity index (χ0) is 10.3. The maximum Gasteiger partial charge on any atom is 0.302 e. The van der Waals surface area contributed by atoms with E-state index in [0.717, 1.165) is 0 Å². The van der Waals surface area contributed by atoms with Gasteiger partial charge in [0, 0.05) is 6.92 Å². The molecule has 4 nitrogen and oxygen atoms in total. The molecule has 76 valence electrons. The number of rotatable bonds is 6. The fraction of sp³-hybridized carbons (Fsp3) is 0.750. The van der Waals surface area contributed by atoms with Crippen molar-refractivity contribution in [2.45, 2.75) is 20.3 Å². The molecule has 0 saturated carbocycles. The minimum absolute atomic E-state index is 0.0286. The molecule has 0 N–H and O–H groups in total. The Labute approximate surface area is 80.8 Å². The second-order valence-corrected chi connectivity index (χ2v) is 4.34. The summed E-state index contributed by atoms with van der Waals surface area (Å²) in [7, 11) is 0. The Kier molecular flexibility index (Phi) is 6.62. The first-order valence-electron chi connectivity index (χ1n) is 4.00. The van der Waals surface area contributed by atoms with E-state index in [0.29, 0.717) is 17.9 Å². The summed E-state index contributed by atoms with van der Waals surface area (Å²) in [6.07, 6.45) is 0.326. The van der Waals surface area contributed by atoms with E-state index in [1.807, 2.05) is 0 Å². The summed E-state index contributed by atoms with van der Waals surface area (Å²) in [4.78, 5) is 20.8. The largest absolute Gasteiger partial charge is 0.616 e. The van der Waals surface area contributed by atoms with E-state index in [1.165, 1.54) is 13.8 Å². The molecule has 0 radical (unpaired) electrons. The second-order valence-electron chi connectivity index (χ2n) is 2.64. The van der Waals surface area contributed by atoms with E-state index in [2.05, 4.69) is 4.74 Å². The molecule has 0 heterocycles. The molecule has 0 saturated heterocycles. The first-order valence-corrected chi connectivity index (χ1v) is 5.49. The highest BCUT2D eigenvalue weighted by molar-refractivity contribution is 7.91. The molecule has 0 aliphatic heterocycles. The zero-order valence-electron chi connectivity index (χ0n) is 7.87. The van der Waals surface area contributed by atoms with Gasteiger partial charge in [-0.15, -0.1) is 0 Å². The Morgan fingerprint density at radius 1 is 1.31 bits per heavy atom. The van der Waals surface area contributed by atoms with Crippen LogP contribution in [0.15, 0.2) is 0 Å². The van der Waals surface area contributed by atoms with Crippen LogP contribution in [0.25, 0.3) is 0 Å². The molecule has 0 aromatic rings. The van der Waals surface area contributed by atoms with Crippen molar-refractivity contribution in [3.05, 3.63) is 0 Å². The number of carbonyl (C=O) groups excluding carboxylic acids is 2. The van der Waals surface area contributed by atoms with Crippen LogP contribution in [0.5, 0.6) is 0 Å². The molecule has 0 aliphatic carbocycles. The second kappa shape index (κ2) is 6.91. The third-order valence-corrected chi connectivity index (χ3v) is 2.58. The number of ether oxygens (including phenoxy) is 1. The quantitative estimate of drug-likeness (QED) is 0.462. The van der Waals surface area contributed by atoms with Gasteiger partial charge in [-0.25, -0.2) is 0 Å². The van der Waals surface area contributed by atoms with Gasteiger partial charge < -0.3 is 9.29 Å². The molecular formula is C8H14O4S. The highest BCUT2D eigenvalue weighted by Crippen LogP contribution is 1.95. The molecule has 0 aliphatic rings. The minimum atomic E-state index is -1.06. The van der Waals surface area contributed by atoms with Crippen LogP contribution in [-0.4, -0.2) is 34.4 Å². The maximum atomic E-state index is 11.1. The number of ketones is 1. The average Bonchev–Trinajstić information content (AvgIpc) is 2.00. The van der Waals surface area contributed by atoms with Crippen molar-refractivity contribution in [3.8, 4) is 0 Å². The normalized spacial score (nSPS) is 12.2. The molecule has 0 aromatic heterocycles. The summed E-state index contributed by atoms with van der Waals surface area (Å²) in [6, 6.07) is 0. The summed E-state index contributed by atoms with van der Waals surface area (Å²) in [5.74, 6) is 0.327. The van der Waals surface area contributed by atoms with Crippen LogP contribution in [0, 0.1) is 0 Å². The lowest BCUT2D eigenvalue weighted by atomic mass is 10.4. The van der Waals surface area contributed by atoms with Crippen molar-refractivity contribution in [1.29, 1.82) is 0 Å². The zero-order valence-corrected chi connectivity index (χ0v) is 8.69. The number of hydrogen-bond donors (Lipinski definition) is 0. The van der Waals surface area contributed by atoms with Gasteiger partial charge in [0.15, 0.2) is 0 Å². The number of Topliss-reactive ketones (excluding diaryl/α,β-unsaturated/α-hetero) is 1. The minimum Gasteiger partial charge on any atom is -0.616 e. The molecular weight excluding hydrogens is 192 g/mol. The first-order chi connectivity index (χ1) is 6.02. The molecule has 1 unspecified atom stereocenters. The fourth-order valence-electron chi connectivity index (χ4n) is 0.638. The number of carbonyl (C=O) groups is 2. The Hall–Kier alpha value is -0.550. The summed E-state index contributed by atoms with van der Waals surface area (Å²) < 4.78 is 15.7. The highest BCUT2D eigenvalue weighted by atomic mass is 32.2. The smallest absolute Gasteiger partial charge is 0.302 e. The third-order valence-electron chi connectivity index (χ3n) is 1.30. The van der Waals surface area contributed by atoms with Gasteiger partial charge in [0.1, 0.15) is 23.9 Å². The molecule has 0 rings (SSSR count). The average molecular weight is 206 g/mol. The highest BCUT2D eigenvalue weighted by Gasteiger charge is 2.08. The van der Waals surface area contributed by atoms with E-state index in [-0.39, 0.29) is 18.4 Å². The van der Waals surface area contributed by atoms with Crippen molar-refractivity contribution in [2.75, 3.05) is 18.1 Å². The maximum absolute atomic E-state index is 11.1. The van der Waals surface area contributed by atoms with Gasteiger partial charge in [-0.1, -0.05) is 0 Å². The van der Waals surface area contributed by atoms with Crippen molar-refractivity contribution < 1.29 is 18.9 Å². The van der Waals surface area contributed by atoms with Gasteiger partial charge in [0.2, 0.25) is 0 Å². The molecule has 5 heteroatoms. The summed E-state index contributed by atoms with van der Waals surface area (Å²) >= 11 is -1.06. The Balaban J connectivity index is 3.35. The van der Waals surface area contributed by atoms with Gasteiger partial charge in [-0.05, 0) is 18.1 Å². The van der Waals surface area contributed by atoms with E-state index in [9.17, 15) is 14.1 Å². The lowest BCUT2D eigenvalue weighted by Crippen LogP contribution is -2.18. The van der Waals surface area contributed by atoms with Crippen LogP contribution >= 0.6 is 0 Å². The van der Waals surface area contributed by atoms with Crippen molar-refractivity contribution >= 4 is 22.9 Å². The Morgan fingerprint density at radius 2 is 1.92 bits per heavy atom. The van der Waals surface area contributed by atoms with Crippen LogP contribution in [0.2, 0.25) is 0 Å². The molecule has 1 atom stereocenters. The fourth-order valence-corrected chi connectivity index (χ4v) is 1.63. The van der Waals surface area contributed by atoms with Crippen molar-refractivity contribution in [2.24, 2.45) is 0 Å². The van der Waals surface area contributed by atoms with Crippen LogP contribution < -0.4 is 0 Å². The Morgan fingerprint density at radius 3 is 2.38 bits per heavy atom. The molecule has 0 amide bonds. The monoisotopic (exact) mass is 206 g/mol. The standard InChI is InChI=1S/C8H14O4S/c1-7(9)3-5-13(11)6-4-12-8(2)10/h3-6H2,1-2H3. The lowest BCUT2D eigenvalue weighted by molar-refractivity contribution is -0.140. The van der Waals surface area contributed by atoms with E-state index in [4.69, 9.17) is 0 Å². The van der Waals surface area contributed by atoms with Gasteiger partial charge in [0.25, 0.3) is 0 Å². The van der Waals surface area contributed by atoms with Crippen LogP contribution in [0.1, 0.15) is 20.3 Å². The SMILES string of the molecule is CC(=O)CC[S+]([O-])CCOC(C)=O. The lowest BCUT2D eigenvalue weighted by Gasteiger charge is -2.09. The topological polar surface area (TPSA) is 66.4 Å². The summed E-state index contributed by atoms with van der Waals surface area (Å²) in [5.41, 5.74) is 0. The number of hydrogen-bond acceptors (Lipinski definition) is 4. The van der Waals surface area contributed by atoms with Gasteiger partial charge in [0.05, 0.1) is 6.42 Å². The molecule has 0 fully saturated rings. The van der Waals surface area contributed by atoms with Crippen LogP contribution in [0.3, 0.4) is 0 Å². The van der Waals surface area contributed by atoms with Crippen molar-refractivity contribution in [3.63, 3.8) is 0 Å². The Bertz CT molecular complexity index is 181. The predicted octanol–water partition coefficient (Wildman–Crippen LogP) is 0.277. The molecule has 0 aromatic carbocycles. The van der Waals surface area contributed by atoms with Gasteiger partial charge in [-0.3, -0.25) is 9.59 Å². The van der Waals surface area contributed by atoms with Crippen LogP contribution in [-0.2, 0) is 25.5 Å².